The van der Waals surface area contributed by atoms with Crippen LogP contribution in [0.25, 0.3) is 11.4 Å². The number of likely N-dealkylation sites (tertiary alicyclic amines) is 1. The highest BCUT2D eigenvalue weighted by atomic mass is 79.9. The van der Waals surface area contributed by atoms with E-state index in [1.165, 1.54) is 25.7 Å². The Morgan fingerprint density at radius 1 is 1.17 bits per heavy atom. The lowest BCUT2D eigenvalue weighted by Gasteiger charge is -2.31. The number of piperidine rings is 1. The maximum atomic E-state index is 12.8. The molecule has 1 aliphatic heterocycles. The van der Waals surface area contributed by atoms with Gasteiger partial charge in [0, 0.05) is 22.6 Å². The second-order valence-electron chi connectivity index (χ2n) is 8.29. The van der Waals surface area contributed by atoms with Gasteiger partial charge in [-0.05, 0) is 44.4 Å². The molecular weight excluding hydrogens is 432 g/mol. The van der Waals surface area contributed by atoms with Crippen LogP contribution in [0.2, 0.25) is 0 Å². The molecule has 1 saturated carbocycles. The van der Waals surface area contributed by atoms with Crippen molar-refractivity contribution >= 4 is 21.8 Å². The standard InChI is InChI=1S/C22H29BrN4O2/c23-18-9-5-7-16(13-18)21-25-20(29-26-21)15-27-12-6-8-17(14-27)22(28)24-19-10-3-1-2-4-11-19/h5,7,9,13,17,19H,1-4,6,8,10-12,14-15H2,(H,24,28). The summed E-state index contributed by atoms with van der Waals surface area (Å²) in [5.41, 5.74) is 0.925. The number of nitrogens with one attached hydrogen (secondary N) is 1. The van der Waals surface area contributed by atoms with Crippen LogP contribution in [0.4, 0.5) is 0 Å². The van der Waals surface area contributed by atoms with Gasteiger partial charge >= 0.3 is 0 Å². The van der Waals surface area contributed by atoms with Crippen molar-refractivity contribution in [2.45, 2.75) is 64.0 Å². The monoisotopic (exact) mass is 460 g/mol. The van der Waals surface area contributed by atoms with Crippen molar-refractivity contribution in [3.63, 3.8) is 0 Å². The molecule has 1 aliphatic carbocycles. The molecule has 156 valence electrons. The molecule has 6 nitrogen and oxygen atoms in total. The minimum absolute atomic E-state index is 0.0551. The Hall–Kier alpha value is -1.73. The highest BCUT2D eigenvalue weighted by Crippen LogP contribution is 2.23. The fourth-order valence-electron chi connectivity index (χ4n) is 4.41. The first-order chi connectivity index (χ1) is 14.2. The van der Waals surface area contributed by atoms with Gasteiger partial charge in [0.2, 0.25) is 17.6 Å². The Bertz CT molecular complexity index is 817. The number of halogens is 1. The predicted octanol–water partition coefficient (Wildman–Crippen LogP) is 4.55. The maximum Gasteiger partial charge on any atom is 0.241 e. The van der Waals surface area contributed by atoms with Crippen molar-refractivity contribution in [1.29, 1.82) is 0 Å². The number of benzene rings is 1. The Kier molecular flexibility index (Phi) is 6.98. The van der Waals surface area contributed by atoms with Crippen LogP contribution >= 0.6 is 15.9 Å². The first-order valence-corrected chi connectivity index (χ1v) is 11.6. The van der Waals surface area contributed by atoms with Crippen LogP contribution in [0, 0.1) is 5.92 Å². The smallest absolute Gasteiger partial charge is 0.241 e. The first-order valence-electron chi connectivity index (χ1n) is 10.8. The van der Waals surface area contributed by atoms with Gasteiger partial charge in [-0.15, -0.1) is 0 Å². The Morgan fingerprint density at radius 3 is 2.79 bits per heavy atom. The molecule has 1 saturated heterocycles. The SMILES string of the molecule is O=C(NC1CCCCCC1)C1CCCN(Cc2nc(-c3cccc(Br)c3)no2)C1. The third kappa shape index (κ3) is 5.66. The first kappa shape index (κ1) is 20.5. The molecule has 2 heterocycles. The number of amides is 1. The summed E-state index contributed by atoms with van der Waals surface area (Å²) in [5.74, 6) is 1.48. The number of hydrogen-bond acceptors (Lipinski definition) is 5. The third-order valence-electron chi connectivity index (χ3n) is 5.99. The van der Waals surface area contributed by atoms with E-state index in [1.54, 1.807) is 0 Å². The summed E-state index contributed by atoms with van der Waals surface area (Å²) in [7, 11) is 0. The van der Waals surface area contributed by atoms with Crippen molar-refractivity contribution in [2.24, 2.45) is 5.92 Å². The number of nitrogens with zero attached hydrogens (tertiary/aromatic N) is 3. The molecule has 1 atom stereocenters. The van der Waals surface area contributed by atoms with Crippen molar-refractivity contribution < 1.29 is 9.32 Å². The lowest BCUT2D eigenvalue weighted by atomic mass is 9.96. The highest BCUT2D eigenvalue weighted by Gasteiger charge is 2.28. The zero-order chi connectivity index (χ0) is 20.1. The summed E-state index contributed by atoms with van der Waals surface area (Å²) < 4.78 is 6.46. The molecule has 7 heteroatoms. The summed E-state index contributed by atoms with van der Waals surface area (Å²) in [4.78, 5) is 19.6. The van der Waals surface area contributed by atoms with Crippen LogP contribution in [0.5, 0.6) is 0 Å². The van der Waals surface area contributed by atoms with Gasteiger partial charge in [0.1, 0.15) is 0 Å². The van der Waals surface area contributed by atoms with Crippen LogP contribution in [0.1, 0.15) is 57.3 Å². The van der Waals surface area contributed by atoms with Crippen LogP contribution in [0.3, 0.4) is 0 Å². The van der Waals surface area contributed by atoms with Crippen molar-refractivity contribution in [1.82, 2.24) is 20.4 Å². The van der Waals surface area contributed by atoms with Crippen LogP contribution < -0.4 is 5.32 Å². The molecule has 2 fully saturated rings. The van der Waals surface area contributed by atoms with Gasteiger partial charge in [-0.25, -0.2) is 0 Å². The molecule has 1 unspecified atom stereocenters. The van der Waals surface area contributed by atoms with E-state index in [0.29, 0.717) is 24.3 Å². The van der Waals surface area contributed by atoms with E-state index >= 15 is 0 Å². The molecule has 4 rings (SSSR count). The van der Waals surface area contributed by atoms with Gasteiger partial charge in [0.15, 0.2) is 0 Å². The minimum atomic E-state index is 0.0551. The van der Waals surface area contributed by atoms with E-state index in [2.05, 4.69) is 36.3 Å². The van der Waals surface area contributed by atoms with E-state index in [9.17, 15) is 4.79 Å². The van der Waals surface area contributed by atoms with Crippen LogP contribution in [0.15, 0.2) is 33.3 Å². The predicted molar refractivity (Wildman–Crippen MR) is 115 cm³/mol. The largest absolute Gasteiger partial charge is 0.353 e. The normalized spacial score (nSPS) is 21.6. The Balaban J connectivity index is 1.32. The maximum absolute atomic E-state index is 12.8. The van der Waals surface area contributed by atoms with Gasteiger partial charge in [-0.1, -0.05) is 58.9 Å². The molecule has 1 aromatic carbocycles. The van der Waals surface area contributed by atoms with Gasteiger partial charge < -0.3 is 9.84 Å². The van der Waals surface area contributed by atoms with E-state index in [0.717, 1.165) is 48.8 Å². The van der Waals surface area contributed by atoms with Crippen molar-refractivity contribution in [2.75, 3.05) is 13.1 Å². The third-order valence-corrected chi connectivity index (χ3v) is 6.48. The van der Waals surface area contributed by atoms with Gasteiger partial charge in [0.05, 0.1) is 12.5 Å². The zero-order valence-electron chi connectivity index (χ0n) is 16.8. The molecular formula is C22H29BrN4O2. The molecule has 29 heavy (non-hydrogen) atoms. The average Bonchev–Trinajstić information content (AvgIpc) is 3.04. The van der Waals surface area contributed by atoms with Crippen LogP contribution in [-0.4, -0.2) is 40.1 Å². The summed E-state index contributed by atoms with van der Waals surface area (Å²) >= 11 is 3.47. The zero-order valence-corrected chi connectivity index (χ0v) is 18.4. The van der Waals surface area contributed by atoms with E-state index in [-0.39, 0.29) is 11.8 Å². The second-order valence-corrected chi connectivity index (χ2v) is 9.21. The summed E-state index contributed by atoms with van der Waals surface area (Å²) in [5, 5.41) is 7.44. The summed E-state index contributed by atoms with van der Waals surface area (Å²) in [6.45, 7) is 2.31. The molecule has 0 bridgehead atoms. The van der Waals surface area contributed by atoms with Gasteiger partial charge in [-0.2, -0.15) is 4.98 Å². The molecule has 2 aromatic rings. The van der Waals surface area contributed by atoms with Crippen LogP contribution in [-0.2, 0) is 11.3 Å². The average molecular weight is 461 g/mol. The van der Waals surface area contributed by atoms with E-state index in [4.69, 9.17) is 4.52 Å². The van der Waals surface area contributed by atoms with Crippen molar-refractivity contribution in [3.05, 3.63) is 34.6 Å². The fraction of sp³-hybridized carbons (Fsp3) is 0.591. The number of hydrogen-bond donors (Lipinski definition) is 1. The fourth-order valence-corrected chi connectivity index (χ4v) is 4.81. The van der Waals surface area contributed by atoms with Crippen molar-refractivity contribution in [3.8, 4) is 11.4 Å². The molecule has 2 aliphatic rings. The number of carbonyl (C=O) groups excluding carboxylic acids is 1. The lowest BCUT2D eigenvalue weighted by molar-refractivity contribution is -0.127. The molecule has 1 amide bonds. The summed E-state index contributed by atoms with van der Waals surface area (Å²) in [6, 6.07) is 8.23. The van der Waals surface area contributed by atoms with Gasteiger partial charge in [-0.3, -0.25) is 9.69 Å². The Morgan fingerprint density at radius 2 is 2.00 bits per heavy atom. The topological polar surface area (TPSA) is 71.3 Å². The quantitative estimate of drug-likeness (QED) is 0.662. The van der Waals surface area contributed by atoms with Gasteiger partial charge in [0.25, 0.3) is 0 Å². The highest BCUT2D eigenvalue weighted by molar-refractivity contribution is 9.10. The Labute approximate surface area is 180 Å². The molecule has 1 N–H and O–H groups in total. The molecule has 0 spiro atoms. The molecule has 0 radical (unpaired) electrons. The summed E-state index contributed by atoms with van der Waals surface area (Å²) in [6.07, 6.45) is 9.31. The van der Waals surface area contributed by atoms with E-state index in [1.807, 2.05) is 24.3 Å². The van der Waals surface area contributed by atoms with E-state index < -0.39 is 0 Å². The number of aromatic nitrogens is 2. The number of rotatable bonds is 5. The number of carbonyl (C=O) groups is 1. The lowest BCUT2D eigenvalue weighted by Crippen LogP contribution is -2.45. The minimum Gasteiger partial charge on any atom is -0.353 e. The molecule has 1 aromatic heterocycles. The second kappa shape index (κ2) is 9.85.